The Balaban J connectivity index is 1.79. The van der Waals surface area contributed by atoms with E-state index >= 15 is 0 Å². The molecule has 5 heteroatoms. The summed E-state index contributed by atoms with van der Waals surface area (Å²) in [5.74, 6) is 0.640. The molecule has 3 rings (SSSR count). The molecule has 0 aliphatic heterocycles. The van der Waals surface area contributed by atoms with Gasteiger partial charge in [-0.05, 0) is 37.0 Å². The zero-order chi connectivity index (χ0) is 17.1. The molecule has 1 N–H and O–H groups in total. The minimum absolute atomic E-state index is 0.0310. The van der Waals surface area contributed by atoms with Crippen molar-refractivity contribution in [2.24, 2.45) is 0 Å². The number of amides is 1. The summed E-state index contributed by atoms with van der Waals surface area (Å²) in [6.45, 7) is 3.73. The summed E-state index contributed by atoms with van der Waals surface area (Å²) in [4.78, 5) is 23.4. The van der Waals surface area contributed by atoms with E-state index in [-0.39, 0.29) is 11.9 Å². The second-order valence-corrected chi connectivity index (χ2v) is 6.21. The average molecular weight is 322 g/mol. The maximum Gasteiger partial charge on any atom is 0.251 e. The van der Waals surface area contributed by atoms with Crippen LogP contribution in [0.5, 0.6) is 0 Å². The third-order valence-corrected chi connectivity index (χ3v) is 4.28. The van der Waals surface area contributed by atoms with Gasteiger partial charge in [0.2, 0.25) is 5.95 Å². The van der Waals surface area contributed by atoms with Crippen LogP contribution in [0.15, 0.2) is 37.0 Å². The molecule has 1 unspecified atom stereocenters. The minimum atomic E-state index is -0.0693. The van der Waals surface area contributed by atoms with Gasteiger partial charge in [0.1, 0.15) is 0 Å². The first-order valence-electron chi connectivity index (χ1n) is 8.15. The number of fused-ring (bicyclic) bond motifs is 1. The van der Waals surface area contributed by atoms with E-state index in [1.807, 2.05) is 49.5 Å². The number of carbonyl (C=O) groups excluding carboxylic acids is 1. The summed E-state index contributed by atoms with van der Waals surface area (Å²) in [7, 11) is 3.85. The summed E-state index contributed by atoms with van der Waals surface area (Å²) >= 11 is 0. The fourth-order valence-corrected chi connectivity index (χ4v) is 2.91. The van der Waals surface area contributed by atoms with Crippen LogP contribution in [-0.2, 0) is 6.42 Å². The van der Waals surface area contributed by atoms with Crippen molar-refractivity contribution in [1.82, 2.24) is 15.3 Å². The Morgan fingerprint density at radius 1 is 1.33 bits per heavy atom. The second-order valence-electron chi connectivity index (χ2n) is 6.21. The highest BCUT2D eigenvalue weighted by Crippen LogP contribution is 2.29. The standard InChI is InChI=1S/C19H22N4O/c1-4-13-8-10-14(11-9-13)18(24)21-16-6-5-7-17-15(16)12-20-19(22-17)23(2)3/h4,8-12,16H,1,5-7H2,2-3H3,(H,21,24). The van der Waals surface area contributed by atoms with Crippen LogP contribution >= 0.6 is 0 Å². The molecule has 1 aliphatic rings. The predicted octanol–water partition coefficient (Wildman–Crippen LogP) is 2.99. The third-order valence-electron chi connectivity index (χ3n) is 4.28. The molecule has 0 saturated heterocycles. The SMILES string of the molecule is C=Cc1ccc(C(=O)NC2CCCc3nc(N(C)C)ncc32)cc1. The molecule has 0 saturated carbocycles. The van der Waals surface area contributed by atoms with Gasteiger partial charge in [-0.25, -0.2) is 9.97 Å². The van der Waals surface area contributed by atoms with Crippen molar-refractivity contribution in [2.75, 3.05) is 19.0 Å². The molecule has 2 aromatic rings. The van der Waals surface area contributed by atoms with E-state index < -0.39 is 0 Å². The quantitative estimate of drug-likeness (QED) is 0.940. The van der Waals surface area contributed by atoms with Crippen molar-refractivity contribution in [1.29, 1.82) is 0 Å². The number of aromatic nitrogens is 2. The number of anilines is 1. The third kappa shape index (κ3) is 3.30. The molecule has 0 spiro atoms. The molecular formula is C19H22N4O. The van der Waals surface area contributed by atoms with E-state index in [1.54, 1.807) is 6.08 Å². The second kappa shape index (κ2) is 6.83. The van der Waals surface area contributed by atoms with Gasteiger partial charge in [0.25, 0.3) is 5.91 Å². The largest absolute Gasteiger partial charge is 0.347 e. The highest BCUT2D eigenvalue weighted by Gasteiger charge is 2.24. The number of carbonyl (C=O) groups is 1. The fourth-order valence-electron chi connectivity index (χ4n) is 2.91. The first kappa shape index (κ1) is 16.2. The topological polar surface area (TPSA) is 58.1 Å². The number of benzene rings is 1. The maximum absolute atomic E-state index is 12.5. The van der Waals surface area contributed by atoms with Gasteiger partial charge in [-0.1, -0.05) is 24.8 Å². The van der Waals surface area contributed by atoms with Crippen molar-refractivity contribution < 1.29 is 4.79 Å². The molecule has 5 nitrogen and oxygen atoms in total. The van der Waals surface area contributed by atoms with Gasteiger partial charge < -0.3 is 10.2 Å². The maximum atomic E-state index is 12.5. The summed E-state index contributed by atoms with van der Waals surface area (Å²) in [6.07, 6.45) is 6.46. The molecule has 1 aliphatic carbocycles. The number of nitrogens with one attached hydrogen (secondary N) is 1. The molecule has 0 bridgehead atoms. The van der Waals surface area contributed by atoms with Crippen LogP contribution in [0.2, 0.25) is 0 Å². The molecule has 0 fully saturated rings. The van der Waals surface area contributed by atoms with Crippen LogP contribution < -0.4 is 10.2 Å². The van der Waals surface area contributed by atoms with Gasteiger partial charge in [0, 0.05) is 31.4 Å². The Labute approximate surface area is 142 Å². The van der Waals surface area contributed by atoms with Gasteiger partial charge in [0.15, 0.2) is 0 Å². The van der Waals surface area contributed by atoms with Crippen LogP contribution in [-0.4, -0.2) is 30.0 Å². The summed E-state index contributed by atoms with van der Waals surface area (Å²) < 4.78 is 0. The van der Waals surface area contributed by atoms with Crippen LogP contribution in [0.1, 0.15) is 46.1 Å². The Morgan fingerprint density at radius 2 is 2.08 bits per heavy atom. The lowest BCUT2D eigenvalue weighted by molar-refractivity contribution is 0.0932. The van der Waals surface area contributed by atoms with Crippen LogP contribution in [0.3, 0.4) is 0 Å². The van der Waals surface area contributed by atoms with Gasteiger partial charge in [0.05, 0.1) is 11.7 Å². The van der Waals surface area contributed by atoms with Crippen molar-refractivity contribution in [3.8, 4) is 0 Å². The highest BCUT2D eigenvalue weighted by atomic mass is 16.1. The monoisotopic (exact) mass is 322 g/mol. The van der Waals surface area contributed by atoms with E-state index in [0.717, 1.165) is 36.1 Å². The molecule has 1 aromatic heterocycles. The zero-order valence-corrected chi connectivity index (χ0v) is 14.1. The Hall–Kier alpha value is -2.69. The van der Waals surface area contributed by atoms with Crippen LogP contribution in [0, 0.1) is 0 Å². The van der Waals surface area contributed by atoms with Crippen molar-refractivity contribution in [3.05, 3.63) is 59.4 Å². The van der Waals surface area contributed by atoms with E-state index in [9.17, 15) is 4.79 Å². The molecule has 0 radical (unpaired) electrons. The highest BCUT2D eigenvalue weighted by molar-refractivity contribution is 5.94. The lowest BCUT2D eigenvalue weighted by Gasteiger charge is -2.26. The summed E-state index contributed by atoms with van der Waals surface area (Å²) in [6, 6.07) is 7.40. The van der Waals surface area contributed by atoms with Gasteiger partial charge in [-0.3, -0.25) is 4.79 Å². The van der Waals surface area contributed by atoms with Crippen molar-refractivity contribution in [3.63, 3.8) is 0 Å². The van der Waals surface area contributed by atoms with E-state index in [0.29, 0.717) is 11.5 Å². The van der Waals surface area contributed by atoms with Crippen LogP contribution in [0.25, 0.3) is 6.08 Å². The van der Waals surface area contributed by atoms with Gasteiger partial charge in [-0.15, -0.1) is 0 Å². The number of hydrogen-bond donors (Lipinski definition) is 1. The Kier molecular flexibility index (Phi) is 4.60. The van der Waals surface area contributed by atoms with Crippen LogP contribution in [0.4, 0.5) is 5.95 Å². The molecule has 1 heterocycles. The summed E-state index contributed by atoms with van der Waals surface area (Å²) in [5.41, 5.74) is 3.72. The zero-order valence-electron chi connectivity index (χ0n) is 14.1. The predicted molar refractivity (Wildman–Crippen MR) is 96.0 cm³/mol. The molecule has 124 valence electrons. The number of nitrogens with zero attached hydrogens (tertiary/aromatic N) is 3. The molecule has 1 aromatic carbocycles. The molecule has 1 atom stereocenters. The lowest BCUT2D eigenvalue weighted by Crippen LogP contribution is -2.31. The normalized spacial score (nSPS) is 16.2. The first-order valence-corrected chi connectivity index (χ1v) is 8.15. The number of aryl methyl sites for hydroxylation is 1. The Bertz CT molecular complexity index is 752. The molecular weight excluding hydrogens is 300 g/mol. The fraction of sp³-hybridized carbons (Fsp3) is 0.316. The lowest BCUT2D eigenvalue weighted by atomic mass is 9.92. The number of rotatable bonds is 4. The van der Waals surface area contributed by atoms with E-state index in [2.05, 4.69) is 21.9 Å². The average Bonchev–Trinajstić information content (AvgIpc) is 2.61. The van der Waals surface area contributed by atoms with Crippen molar-refractivity contribution in [2.45, 2.75) is 25.3 Å². The first-order chi connectivity index (χ1) is 11.6. The number of hydrogen-bond acceptors (Lipinski definition) is 4. The van der Waals surface area contributed by atoms with Gasteiger partial charge >= 0.3 is 0 Å². The smallest absolute Gasteiger partial charge is 0.251 e. The molecule has 1 amide bonds. The Morgan fingerprint density at radius 3 is 2.75 bits per heavy atom. The minimum Gasteiger partial charge on any atom is -0.347 e. The molecule has 24 heavy (non-hydrogen) atoms. The van der Waals surface area contributed by atoms with E-state index in [1.165, 1.54) is 0 Å². The summed E-state index contributed by atoms with van der Waals surface area (Å²) in [5, 5.41) is 3.12. The van der Waals surface area contributed by atoms with Gasteiger partial charge in [-0.2, -0.15) is 0 Å². The van der Waals surface area contributed by atoms with E-state index in [4.69, 9.17) is 0 Å². The van der Waals surface area contributed by atoms with Crippen molar-refractivity contribution >= 4 is 17.9 Å².